The lowest BCUT2D eigenvalue weighted by Crippen LogP contribution is -2.29. The van der Waals surface area contributed by atoms with Gasteiger partial charge in [-0.05, 0) is 38.5 Å². The summed E-state index contributed by atoms with van der Waals surface area (Å²) in [7, 11) is -3.80. The number of rotatable bonds is 5. The van der Waals surface area contributed by atoms with Crippen LogP contribution in [0.15, 0.2) is 77.2 Å². The zero-order valence-corrected chi connectivity index (χ0v) is 16.6. The number of carbonyl (C=O) groups excluding carboxylic acids is 1. The van der Waals surface area contributed by atoms with Gasteiger partial charge in [0.1, 0.15) is 0 Å². The van der Waals surface area contributed by atoms with Crippen LogP contribution in [-0.2, 0) is 14.8 Å². The van der Waals surface area contributed by atoms with Gasteiger partial charge < -0.3 is 0 Å². The molecular weight excluding hydrogens is 358 g/mol. The minimum atomic E-state index is -3.80. The van der Waals surface area contributed by atoms with Crippen LogP contribution in [-0.4, -0.2) is 25.1 Å². The number of carbonyl (C=O) groups is 1. The lowest BCUT2D eigenvalue weighted by Gasteiger charge is -2.23. The molecule has 1 aliphatic rings. The number of aryl methyl sites for hydroxylation is 1. The number of sulfonamides is 1. The maximum atomic E-state index is 13.4. The summed E-state index contributed by atoms with van der Waals surface area (Å²) >= 11 is 0. The summed E-state index contributed by atoms with van der Waals surface area (Å²) in [5.41, 5.74) is 3.43. The highest BCUT2D eigenvalue weighted by atomic mass is 32.2. The first-order chi connectivity index (χ1) is 12.7. The molecule has 140 valence electrons. The molecule has 1 aliphatic heterocycles. The topological polar surface area (TPSA) is 54.5 Å². The van der Waals surface area contributed by atoms with Crippen LogP contribution in [0.5, 0.6) is 0 Å². The van der Waals surface area contributed by atoms with Gasteiger partial charge in [-0.3, -0.25) is 9.10 Å². The van der Waals surface area contributed by atoms with E-state index in [1.54, 1.807) is 24.3 Å². The molecule has 0 aromatic heterocycles. The number of hydrogen-bond acceptors (Lipinski definition) is 3. The molecule has 0 spiro atoms. The highest BCUT2D eigenvalue weighted by Gasteiger charge is 2.41. The Balaban J connectivity index is 2.23. The van der Waals surface area contributed by atoms with Gasteiger partial charge >= 0.3 is 0 Å². The normalized spacial score (nSPS) is 17.3. The van der Waals surface area contributed by atoms with Crippen LogP contribution < -0.4 is 0 Å². The Morgan fingerprint density at radius 2 is 1.63 bits per heavy atom. The minimum Gasteiger partial charge on any atom is -0.295 e. The van der Waals surface area contributed by atoms with E-state index in [0.717, 1.165) is 11.1 Å². The Kier molecular flexibility index (Phi) is 5.07. The molecule has 0 unspecified atom stereocenters. The Morgan fingerprint density at radius 1 is 1.04 bits per heavy atom. The zero-order chi connectivity index (χ0) is 19.8. The maximum Gasteiger partial charge on any atom is 0.264 e. The van der Waals surface area contributed by atoms with E-state index in [-0.39, 0.29) is 23.1 Å². The van der Waals surface area contributed by atoms with Crippen LogP contribution in [0.1, 0.15) is 25.0 Å². The third-order valence-corrected chi connectivity index (χ3v) is 6.61. The summed E-state index contributed by atoms with van der Waals surface area (Å²) in [6, 6.07) is 16.0. The van der Waals surface area contributed by atoms with Gasteiger partial charge in [0, 0.05) is 18.0 Å². The van der Waals surface area contributed by atoms with Gasteiger partial charge in [0.05, 0.1) is 10.6 Å². The average molecular weight is 381 g/mol. The molecule has 2 aromatic rings. The maximum absolute atomic E-state index is 13.4. The summed E-state index contributed by atoms with van der Waals surface area (Å²) in [4.78, 5) is 12.7. The minimum absolute atomic E-state index is 0.136. The van der Waals surface area contributed by atoms with Crippen molar-refractivity contribution in [3.05, 3.63) is 83.4 Å². The lowest BCUT2D eigenvalue weighted by atomic mass is 9.90. The summed E-state index contributed by atoms with van der Waals surface area (Å²) in [5, 5.41) is 0. The van der Waals surface area contributed by atoms with E-state index in [1.807, 2.05) is 44.2 Å². The third-order valence-electron chi connectivity index (χ3n) is 4.83. The Bertz CT molecular complexity index is 1020. The molecule has 5 heteroatoms. The van der Waals surface area contributed by atoms with Gasteiger partial charge in [-0.25, -0.2) is 8.42 Å². The SMILES string of the molecule is C=C(C)[C@@H]1CN(S(=O)(=O)c2ccc(C)cc2)C(c2ccccc2)=C1C(C)=O. The van der Waals surface area contributed by atoms with E-state index >= 15 is 0 Å². The van der Waals surface area contributed by atoms with Crippen molar-refractivity contribution in [2.45, 2.75) is 25.7 Å². The van der Waals surface area contributed by atoms with E-state index in [9.17, 15) is 13.2 Å². The van der Waals surface area contributed by atoms with Gasteiger partial charge in [-0.2, -0.15) is 0 Å². The van der Waals surface area contributed by atoms with E-state index < -0.39 is 10.0 Å². The van der Waals surface area contributed by atoms with Crippen LogP contribution in [0.25, 0.3) is 5.70 Å². The largest absolute Gasteiger partial charge is 0.295 e. The quantitative estimate of drug-likeness (QED) is 0.730. The van der Waals surface area contributed by atoms with E-state index in [4.69, 9.17) is 0 Å². The van der Waals surface area contributed by atoms with Gasteiger partial charge in [-0.15, -0.1) is 0 Å². The van der Waals surface area contributed by atoms with Crippen molar-refractivity contribution in [2.24, 2.45) is 5.92 Å². The first-order valence-electron chi connectivity index (χ1n) is 8.79. The second-order valence-corrected chi connectivity index (χ2v) is 8.79. The number of nitrogens with zero attached hydrogens (tertiary/aromatic N) is 1. The predicted molar refractivity (Wildman–Crippen MR) is 107 cm³/mol. The molecule has 0 saturated heterocycles. The fourth-order valence-corrected chi connectivity index (χ4v) is 4.94. The first kappa shape index (κ1) is 19.1. The van der Waals surface area contributed by atoms with Crippen molar-refractivity contribution in [1.29, 1.82) is 0 Å². The van der Waals surface area contributed by atoms with Crippen molar-refractivity contribution in [2.75, 3.05) is 6.54 Å². The van der Waals surface area contributed by atoms with E-state index in [0.29, 0.717) is 16.8 Å². The Hall–Kier alpha value is -2.66. The fourth-order valence-electron chi connectivity index (χ4n) is 3.41. The third kappa shape index (κ3) is 3.47. The molecule has 1 atom stereocenters. The lowest BCUT2D eigenvalue weighted by molar-refractivity contribution is -0.113. The van der Waals surface area contributed by atoms with Crippen molar-refractivity contribution < 1.29 is 13.2 Å². The van der Waals surface area contributed by atoms with Crippen molar-refractivity contribution in [1.82, 2.24) is 4.31 Å². The monoisotopic (exact) mass is 381 g/mol. The summed E-state index contributed by atoms with van der Waals surface area (Å²) in [5.74, 6) is -0.457. The molecule has 0 radical (unpaired) electrons. The molecule has 0 N–H and O–H groups in total. The second kappa shape index (κ2) is 7.16. The van der Waals surface area contributed by atoms with Crippen molar-refractivity contribution >= 4 is 21.5 Å². The van der Waals surface area contributed by atoms with Crippen LogP contribution in [0.2, 0.25) is 0 Å². The summed E-state index contributed by atoms with van der Waals surface area (Å²) < 4.78 is 28.2. The number of hydrogen-bond donors (Lipinski definition) is 0. The molecule has 27 heavy (non-hydrogen) atoms. The van der Waals surface area contributed by atoms with Gasteiger partial charge in [0.15, 0.2) is 5.78 Å². The summed E-state index contributed by atoms with van der Waals surface area (Å²) in [6.45, 7) is 9.40. The Morgan fingerprint density at radius 3 is 2.15 bits per heavy atom. The molecule has 0 aliphatic carbocycles. The molecule has 2 aromatic carbocycles. The predicted octanol–water partition coefficient (Wildman–Crippen LogP) is 4.19. The highest BCUT2D eigenvalue weighted by Crippen LogP contribution is 2.41. The molecule has 1 heterocycles. The van der Waals surface area contributed by atoms with Crippen LogP contribution in [0, 0.1) is 12.8 Å². The Labute approximate surface area is 160 Å². The van der Waals surface area contributed by atoms with Gasteiger partial charge in [0.25, 0.3) is 10.0 Å². The van der Waals surface area contributed by atoms with Gasteiger partial charge in [0.2, 0.25) is 0 Å². The molecule has 0 bridgehead atoms. The van der Waals surface area contributed by atoms with Crippen molar-refractivity contribution in [3.63, 3.8) is 0 Å². The molecule has 0 fully saturated rings. The van der Waals surface area contributed by atoms with Crippen LogP contribution in [0.4, 0.5) is 0 Å². The number of Topliss-reactive ketones (excluding diaryl/α,β-unsaturated/α-hetero) is 1. The standard InChI is InChI=1S/C22H23NO3S/c1-15(2)20-14-23(27(25,26)19-12-10-16(3)11-13-19)22(21(20)17(4)24)18-8-6-5-7-9-18/h5-13,20H,1,14H2,2-4H3/t20-/m0/s1. The highest BCUT2D eigenvalue weighted by molar-refractivity contribution is 7.89. The molecule has 4 nitrogen and oxygen atoms in total. The first-order valence-corrected chi connectivity index (χ1v) is 10.2. The smallest absolute Gasteiger partial charge is 0.264 e. The molecular formula is C22H23NO3S. The van der Waals surface area contributed by atoms with Gasteiger partial charge in [-0.1, -0.05) is 60.2 Å². The zero-order valence-electron chi connectivity index (χ0n) is 15.8. The fraction of sp³-hybridized carbons (Fsp3) is 0.227. The van der Waals surface area contributed by atoms with Crippen molar-refractivity contribution in [3.8, 4) is 0 Å². The van der Waals surface area contributed by atoms with E-state index in [1.165, 1.54) is 11.2 Å². The van der Waals surface area contributed by atoms with Crippen LogP contribution >= 0.6 is 0 Å². The summed E-state index contributed by atoms with van der Waals surface area (Å²) in [6.07, 6.45) is 0. The van der Waals surface area contributed by atoms with E-state index in [2.05, 4.69) is 6.58 Å². The number of benzene rings is 2. The average Bonchev–Trinajstić information content (AvgIpc) is 3.05. The molecule has 0 saturated carbocycles. The number of ketones is 1. The van der Waals surface area contributed by atoms with Crippen LogP contribution in [0.3, 0.4) is 0 Å². The molecule has 0 amide bonds. The molecule has 3 rings (SSSR count). The second-order valence-electron chi connectivity index (χ2n) is 6.93.